The van der Waals surface area contributed by atoms with Crippen molar-refractivity contribution in [2.45, 2.75) is 39.0 Å². The van der Waals surface area contributed by atoms with E-state index in [1.807, 2.05) is 6.92 Å². The van der Waals surface area contributed by atoms with Crippen LogP contribution < -0.4 is 0 Å². The molecule has 0 heterocycles. The summed E-state index contributed by atoms with van der Waals surface area (Å²) in [7, 11) is -1.54. The average Bonchev–Trinajstić information content (AvgIpc) is 2.17. The van der Waals surface area contributed by atoms with E-state index in [-0.39, 0.29) is 0 Å². The summed E-state index contributed by atoms with van der Waals surface area (Å²) < 4.78 is 16.1. The van der Waals surface area contributed by atoms with Gasteiger partial charge in [-0.15, -0.1) is 4.52 Å². The molecule has 0 spiro atoms. The summed E-state index contributed by atoms with van der Waals surface area (Å²) in [4.78, 5) is 0. The Morgan fingerprint density at radius 2 is 2.08 bits per heavy atom. The SMILES string of the molecule is CCO[P+](=O)C=CC1CCCCC1. The lowest BCUT2D eigenvalue weighted by atomic mass is 9.90. The molecule has 1 saturated carbocycles. The maximum atomic E-state index is 11.1. The highest BCUT2D eigenvalue weighted by molar-refractivity contribution is 7.42. The predicted octanol–water partition coefficient (Wildman–Crippen LogP) is 3.86. The molecule has 0 saturated heterocycles. The summed E-state index contributed by atoms with van der Waals surface area (Å²) in [6.07, 6.45) is 8.59. The van der Waals surface area contributed by atoms with Crippen molar-refractivity contribution < 1.29 is 9.09 Å². The second kappa shape index (κ2) is 6.28. The Morgan fingerprint density at radius 3 is 2.69 bits per heavy atom. The Bertz CT molecular complexity index is 183. The lowest BCUT2D eigenvalue weighted by molar-refractivity contribution is 0.356. The van der Waals surface area contributed by atoms with Crippen LogP contribution in [0.1, 0.15) is 39.0 Å². The second-order valence-electron chi connectivity index (χ2n) is 3.44. The lowest BCUT2D eigenvalue weighted by Gasteiger charge is -2.16. The van der Waals surface area contributed by atoms with Crippen molar-refractivity contribution in [1.29, 1.82) is 0 Å². The van der Waals surface area contributed by atoms with Gasteiger partial charge in [-0.2, -0.15) is 0 Å². The summed E-state index contributed by atoms with van der Waals surface area (Å²) in [5.74, 6) is 2.38. The first kappa shape index (κ1) is 10.9. The second-order valence-corrected chi connectivity index (χ2v) is 4.57. The molecule has 74 valence electrons. The van der Waals surface area contributed by atoms with Gasteiger partial charge < -0.3 is 0 Å². The van der Waals surface area contributed by atoms with Gasteiger partial charge in [-0.05, 0) is 36.3 Å². The van der Waals surface area contributed by atoms with Crippen molar-refractivity contribution in [3.63, 3.8) is 0 Å². The van der Waals surface area contributed by atoms with E-state index in [0.717, 1.165) is 0 Å². The van der Waals surface area contributed by atoms with E-state index in [2.05, 4.69) is 6.08 Å². The highest BCUT2D eigenvalue weighted by Crippen LogP contribution is 2.29. The maximum Gasteiger partial charge on any atom is 0.540 e. The monoisotopic (exact) mass is 201 g/mol. The highest BCUT2D eigenvalue weighted by Gasteiger charge is 2.14. The zero-order chi connectivity index (χ0) is 9.52. The minimum absolute atomic E-state index is 0.532. The van der Waals surface area contributed by atoms with Gasteiger partial charge in [-0.3, -0.25) is 0 Å². The van der Waals surface area contributed by atoms with E-state index in [9.17, 15) is 4.57 Å². The van der Waals surface area contributed by atoms with Crippen LogP contribution in [-0.4, -0.2) is 6.61 Å². The lowest BCUT2D eigenvalue weighted by Crippen LogP contribution is -2.02. The normalized spacial score (nSPS) is 20.8. The van der Waals surface area contributed by atoms with Crippen LogP contribution in [0.15, 0.2) is 11.9 Å². The Hall–Kier alpha value is -0.200. The number of rotatable bonds is 4. The molecule has 0 aromatic carbocycles. The van der Waals surface area contributed by atoms with Gasteiger partial charge in [0.05, 0.1) is 0 Å². The number of hydrogen-bond acceptors (Lipinski definition) is 2. The summed E-state index contributed by atoms with van der Waals surface area (Å²) in [6.45, 7) is 2.39. The van der Waals surface area contributed by atoms with Gasteiger partial charge in [0.2, 0.25) is 0 Å². The molecule has 0 amide bonds. The first-order valence-electron chi connectivity index (χ1n) is 5.10. The molecule has 0 radical (unpaired) electrons. The quantitative estimate of drug-likeness (QED) is 0.645. The summed E-state index contributed by atoms with van der Waals surface area (Å²) in [5, 5.41) is 0. The van der Waals surface area contributed by atoms with E-state index in [1.54, 1.807) is 5.82 Å². The minimum Gasteiger partial charge on any atom is -0.143 e. The van der Waals surface area contributed by atoms with Gasteiger partial charge in [0.25, 0.3) is 0 Å². The molecule has 1 atom stereocenters. The van der Waals surface area contributed by atoms with E-state index in [0.29, 0.717) is 12.5 Å². The van der Waals surface area contributed by atoms with Crippen molar-refractivity contribution in [3.8, 4) is 0 Å². The van der Waals surface area contributed by atoms with E-state index in [4.69, 9.17) is 4.52 Å². The largest absolute Gasteiger partial charge is 0.540 e. The molecule has 0 N–H and O–H groups in total. The fourth-order valence-electron chi connectivity index (χ4n) is 1.69. The van der Waals surface area contributed by atoms with Crippen molar-refractivity contribution >= 4 is 8.03 Å². The molecule has 0 aromatic rings. The van der Waals surface area contributed by atoms with Gasteiger partial charge in [0.15, 0.2) is 5.82 Å². The molecule has 1 aliphatic rings. The third-order valence-electron chi connectivity index (χ3n) is 2.39. The maximum absolute atomic E-state index is 11.1. The Morgan fingerprint density at radius 1 is 1.38 bits per heavy atom. The molecular formula is C10H18O2P+. The Kier molecular flexibility index (Phi) is 5.26. The first-order chi connectivity index (χ1) is 6.33. The van der Waals surface area contributed by atoms with Crippen molar-refractivity contribution in [3.05, 3.63) is 11.9 Å². The fourth-order valence-corrected chi connectivity index (χ4v) is 2.41. The van der Waals surface area contributed by atoms with Crippen LogP contribution in [0.2, 0.25) is 0 Å². The van der Waals surface area contributed by atoms with Crippen LogP contribution in [0.5, 0.6) is 0 Å². The van der Waals surface area contributed by atoms with Crippen LogP contribution in [0.4, 0.5) is 0 Å². The van der Waals surface area contributed by atoms with Crippen LogP contribution in [0, 0.1) is 5.92 Å². The Balaban J connectivity index is 2.24. The predicted molar refractivity (Wildman–Crippen MR) is 54.9 cm³/mol. The van der Waals surface area contributed by atoms with Crippen molar-refractivity contribution in [2.24, 2.45) is 5.92 Å². The smallest absolute Gasteiger partial charge is 0.143 e. The molecule has 1 rings (SSSR count). The first-order valence-corrected chi connectivity index (χ1v) is 6.35. The fraction of sp³-hybridized carbons (Fsp3) is 0.800. The van der Waals surface area contributed by atoms with Crippen LogP contribution in [0.3, 0.4) is 0 Å². The molecule has 1 unspecified atom stereocenters. The molecule has 3 heteroatoms. The minimum atomic E-state index is -1.54. The number of hydrogen-bond donors (Lipinski definition) is 0. The standard InChI is InChI=1S/C10H18O2P/c1-2-12-13(11)9-8-10-6-4-3-5-7-10/h8-10H,2-7H2,1H3/q+1. The molecule has 0 bridgehead atoms. The Labute approximate surface area is 81.2 Å². The molecule has 2 nitrogen and oxygen atoms in total. The third-order valence-corrected chi connectivity index (χ3v) is 3.31. The summed E-state index contributed by atoms with van der Waals surface area (Å²) in [5.41, 5.74) is 0. The van der Waals surface area contributed by atoms with Crippen LogP contribution >= 0.6 is 8.03 Å². The van der Waals surface area contributed by atoms with Gasteiger partial charge >= 0.3 is 8.03 Å². The van der Waals surface area contributed by atoms with Gasteiger partial charge in [0.1, 0.15) is 6.61 Å². The summed E-state index contributed by atoms with van der Waals surface area (Å²) in [6, 6.07) is 0. The molecule has 0 aliphatic heterocycles. The highest BCUT2D eigenvalue weighted by atomic mass is 31.1. The van der Waals surface area contributed by atoms with E-state index in [1.165, 1.54) is 32.1 Å². The number of allylic oxidation sites excluding steroid dienone is 1. The summed E-state index contributed by atoms with van der Waals surface area (Å²) >= 11 is 0. The molecule has 1 aliphatic carbocycles. The van der Waals surface area contributed by atoms with Gasteiger partial charge in [-0.25, -0.2) is 0 Å². The third kappa shape index (κ3) is 4.54. The molecule has 0 aromatic heterocycles. The zero-order valence-electron chi connectivity index (χ0n) is 8.24. The van der Waals surface area contributed by atoms with Gasteiger partial charge in [0, 0.05) is 0 Å². The molecular weight excluding hydrogens is 183 g/mol. The van der Waals surface area contributed by atoms with E-state index >= 15 is 0 Å². The average molecular weight is 201 g/mol. The zero-order valence-corrected chi connectivity index (χ0v) is 9.13. The van der Waals surface area contributed by atoms with Gasteiger partial charge in [-0.1, -0.05) is 19.3 Å². The topological polar surface area (TPSA) is 26.3 Å². The van der Waals surface area contributed by atoms with E-state index < -0.39 is 8.03 Å². The van der Waals surface area contributed by atoms with Crippen LogP contribution in [-0.2, 0) is 9.09 Å². The van der Waals surface area contributed by atoms with Crippen LogP contribution in [0.25, 0.3) is 0 Å². The molecule has 13 heavy (non-hydrogen) atoms. The van der Waals surface area contributed by atoms with Crippen molar-refractivity contribution in [2.75, 3.05) is 6.61 Å². The van der Waals surface area contributed by atoms with Crippen molar-refractivity contribution in [1.82, 2.24) is 0 Å². The molecule has 1 fully saturated rings.